The number of ether oxygens (including phenoxy) is 1. The van der Waals surface area contributed by atoms with Crippen LogP contribution in [-0.4, -0.2) is 26.8 Å². The molecule has 0 spiro atoms. The highest BCUT2D eigenvalue weighted by Gasteiger charge is 2.40. The van der Waals surface area contributed by atoms with Gasteiger partial charge in [0.05, 0.1) is 19.3 Å². The third-order valence-electron chi connectivity index (χ3n) is 3.97. The van der Waals surface area contributed by atoms with Crippen LogP contribution in [0.15, 0.2) is 12.1 Å². The van der Waals surface area contributed by atoms with E-state index in [0.717, 1.165) is 6.54 Å². The molecule has 1 aromatic rings. The molecule has 1 aliphatic rings. The van der Waals surface area contributed by atoms with Gasteiger partial charge in [-0.2, -0.15) is 5.26 Å². The number of hydrogen-bond donors (Lipinski definition) is 0. The van der Waals surface area contributed by atoms with E-state index in [0.29, 0.717) is 13.2 Å². The van der Waals surface area contributed by atoms with Crippen molar-refractivity contribution in [1.82, 2.24) is 0 Å². The summed E-state index contributed by atoms with van der Waals surface area (Å²) < 4.78 is 5.19. The first-order chi connectivity index (χ1) is 8.49. The van der Waals surface area contributed by atoms with Crippen LogP contribution < -0.4 is 4.90 Å². The lowest BCUT2D eigenvalue weighted by Gasteiger charge is -2.39. The zero-order valence-corrected chi connectivity index (χ0v) is 11.6. The number of nitrogens with zero attached hydrogens (tertiary/aromatic N) is 2. The Balaban J connectivity index is 2.22. The minimum absolute atomic E-state index is 0.319. The van der Waals surface area contributed by atoms with Crippen LogP contribution in [0.5, 0.6) is 0 Å². The van der Waals surface area contributed by atoms with Crippen molar-refractivity contribution in [2.75, 3.05) is 31.7 Å². The Morgan fingerprint density at radius 3 is 2.44 bits per heavy atom. The summed E-state index contributed by atoms with van der Waals surface area (Å²) in [7, 11) is 2.05. The van der Waals surface area contributed by atoms with Gasteiger partial charge in [0.15, 0.2) is 0 Å². The topological polar surface area (TPSA) is 36.3 Å². The Morgan fingerprint density at radius 1 is 1.28 bits per heavy atom. The SMILES string of the molecule is Cc1ccc(N(C)CC2(C#N)COC2)c(C)c1C. The van der Waals surface area contributed by atoms with Gasteiger partial charge in [-0.15, -0.1) is 0 Å². The zero-order chi connectivity index (χ0) is 13.3. The van der Waals surface area contributed by atoms with Crippen LogP contribution >= 0.6 is 0 Å². The summed E-state index contributed by atoms with van der Waals surface area (Å²) in [5.74, 6) is 0. The molecule has 96 valence electrons. The first-order valence-electron chi connectivity index (χ1n) is 6.26. The molecule has 0 aromatic heterocycles. The second-order valence-corrected chi connectivity index (χ2v) is 5.39. The predicted molar refractivity (Wildman–Crippen MR) is 72.8 cm³/mol. The molecule has 1 saturated heterocycles. The molecule has 3 heteroatoms. The van der Waals surface area contributed by atoms with E-state index in [1.54, 1.807) is 0 Å². The molecule has 3 nitrogen and oxygen atoms in total. The van der Waals surface area contributed by atoms with Crippen molar-refractivity contribution in [2.45, 2.75) is 20.8 Å². The van der Waals surface area contributed by atoms with Gasteiger partial charge in [0.25, 0.3) is 0 Å². The first kappa shape index (κ1) is 12.9. The number of hydrogen-bond acceptors (Lipinski definition) is 3. The average Bonchev–Trinajstić information content (AvgIpc) is 2.31. The molecule has 2 rings (SSSR count). The fraction of sp³-hybridized carbons (Fsp3) is 0.533. The van der Waals surface area contributed by atoms with Gasteiger partial charge in [0, 0.05) is 19.3 Å². The molecule has 0 aliphatic carbocycles. The molecular formula is C15H20N2O. The van der Waals surface area contributed by atoms with Crippen LogP contribution in [0.2, 0.25) is 0 Å². The molecule has 1 heterocycles. The quantitative estimate of drug-likeness (QED) is 0.820. The van der Waals surface area contributed by atoms with Crippen molar-refractivity contribution in [3.63, 3.8) is 0 Å². The van der Waals surface area contributed by atoms with Crippen molar-refractivity contribution >= 4 is 5.69 Å². The zero-order valence-electron chi connectivity index (χ0n) is 11.6. The Bertz CT molecular complexity index is 498. The van der Waals surface area contributed by atoms with E-state index in [4.69, 9.17) is 4.74 Å². The van der Waals surface area contributed by atoms with Gasteiger partial charge >= 0.3 is 0 Å². The average molecular weight is 244 g/mol. The van der Waals surface area contributed by atoms with E-state index in [-0.39, 0.29) is 5.41 Å². The smallest absolute Gasteiger partial charge is 0.121 e. The van der Waals surface area contributed by atoms with Crippen molar-refractivity contribution in [3.05, 3.63) is 28.8 Å². The van der Waals surface area contributed by atoms with Crippen molar-refractivity contribution in [1.29, 1.82) is 5.26 Å². The summed E-state index contributed by atoms with van der Waals surface area (Å²) in [6.45, 7) is 8.25. The molecule has 0 N–H and O–H groups in total. The van der Waals surface area contributed by atoms with Crippen molar-refractivity contribution in [3.8, 4) is 6.07 Å². The molecule has 0 bridgehead atoms. The summed E-state index contributed by atoms with van der Waals surface area (Å²) >= 11 is 0. The second-order valence-electron chi connectivity index (χ2n) is 5.39. The molecule has 0 atom stereocenters. The molecule has 0 amide bonds. The number of rotatable bonds is 3. The van der Waals surface area contributed by atoms with E-state index < -0.39 is 0 Å². The first-order valence-corrected chi connectivity index (χ1v) is 6.26. The molecule has 0 saturated carbocycles. The van der Waals surface area contributed by atoms with E-state index in [1.807, 2.05) is 0 Å². The third kappa shape index (κ3) is 2.09. The van der Waals surface area contributed by atoms with Gasteiger partial charge in [0.2, 0.25) is 0 Å². The lowest BCUT2D eigenvalue weighted by molar-refractivity contribution is -0.0716. The maximum Gasteiger partial charge on any atom is 0.121 e. The normalized spacial score (nSPS) is 16.8. The minimum atomic E-state index is -0.319. The highest BCUT2D eigenvalue weighted by atomic mass is 16.5. The fourth-order valence-electron chi connectivity index (χ4n) is 2.43. The Kier molecular flexibility index (Phi) is 3.32. The van der Waals surface area contributed by atoms with E-state index in [1.165, 1.54) is 22.4 Å². The number of benzene rings is 1. The maximum absolute atomic E-state index is 9.24. The number of aryl methyl sites for hydroxylation is 1. The standard InChI is InChI=1S/C15H20N2O/c1-11-5-6-14(13(3)12(11)2)17(4)8-15(7-16)9-18-10-15/h5-6H,8-10H2,1-4H3. The van der Waals surface area contributed by atoms with Gasteiger partial charge < -0.3 is 9.64 Å². The Labute approximate surface area is 109 Å². The molecule has 18 heavy (non-hydrogen) atoms. The predicted octanol–water partition coefficient (Wildman–Crippen LogP) is 2.59. The molecule has 0 unspecified atom stereocenters. The Morgan fingerprint density at radius 2 is 1.94 bits per heavy atom. The summed E-state index contributed by atoms with van der Waals surface area (Å²) in [4.78, 5) is 2.17. The lowest BCUT2D eigenvalue weighted by atomic mass is 9.87. The van der Waals surface area contributed by atoms with Gasteiger partial charge in [-0.25, -0.2) is 0 Å². The molecule has 1 aromatic carbocycles. The van der Waals surface area contributed by atoms with Gasteiger partial charge in [-0.1, -0.05) is 6.07 Å². The van der Waals surface area contributed by atoms with Crippen molar-refractivity contribution < 1.29 is 4.74 Å². The van der Waals surface area contributed by atoms with Gasteiger partial charge in [-0.3, -0.25) is 0 Å². The van der Waals surface area contributed by atoms with Crippen LogP contribution in [0, 0.1) is 37.5 Å². The van der Waals surface area contributed by atoms with Crippen LogP contribution in [0.3, 0.4) is 0 Å². The van der Waals surface area contributed by atoms with Gasteiger partial charge in [0.1, 0.15) is 5.41 Å². The summed E-state index contributed by atoms with van der Waals surface area (Å²) in [5, 5.41) is 9.24. The molecule has 1 aliphatic heterocycles. The van der Waals surface area contributed by atoms with Gasteiger partial charge in [-0.05, 0) is 43.5 Å². The minimum Gasteiger partial charge on any atom is -0.378 e. The molecule has 1 fully saturated rings. The van der Waals surface area contributed by atoms with Crippen LogP contribution in [0.4, 0.5) is 5.69 Å². The highest BCUT2D eigenvalue weighted by Crippen LogP contribution is 2.31. The summed E-state index contributed by atoms with van der Waals surface area (Å²) in [6, 6.07) is 6.68. The van der Waals surface area contributed by atoms with Crippen LogP contribution in [0.1, 0.15) is 16.7 Å². The maximum atomic E-state index is 9.24. The number of nitriles is 1. The third-order valence-corrected chi connectivity index (χ3v) is 3.97. The molecule has 0 radical (unpaired) electrons. The monoisotopic (exact) mass is 244 g/mol. The Hall–Kier alpha value is -1.53. The van der Waals surface area contributed by atoms with E-state index in [2.05, 4.69) is 50.9 Å². The molecular weight excluding hydrogens is 224 g/mol. The van der Waals surface area contributed by atoms with Crippen LogP contribution in [0.25, 0.3) is 0 Å². The fourth-order valence-corrected chi connectivity index (χ4v) is 2.43. The van der Waals surface area contributed by atoms with Crippen molar-refractivity contribution in [2.24, 2.45) is 5.41 Å². The summed E-state index contributed by atoms with van der Waals surface area (Å²) in [6.07, 6.45) is 0. The summed E-state index contributed by atoms with van der Waals surface area (Å²) in [5.41, 5.74) is 4.83. The second kappa shape index (κ2) is 4.62. The van der Waals surface area contributed by atoms with E-state index in [9.17, 15) is 5.26 Å². The van der Waals surface area contributed by atoms with E-state index >= 15 is 0 Å². The number of anilines is 1. The highest BCUT2D eigenvalue weighted by molar-refractivity contribution is 5.57. The van der Waals surface area contributed by atoms with Crippen LogP contribution in [-0.2, 0) is 4.74 Å². The largest absolute Gasteiger partial charge is 0.378 e. The lowest BCUT2D eigenvalue weighted by Crippen LogP contribution is -2.49.